The molecule has 1 N–H and O–H groups in total. The molecule has 0 heterocycles. The molecule has 1 aromatic carbocycles. The molecule has 0 unspecified atom stereocenters. The lowest BCUT2D eigenvalue weighted by Crippen LogP contribution is -2.36. The molecule has 7 heteroatoms. The Hall–Kier alpha value is -0.330. The summed E-state index contributed by atoms with van der Waals surface area (Å²) in [5.41, 5.74) is 0.401. The van der Waals surface area contributed by atoms with E-state index in [1.165, 1.54) is 7.11 Å². The van der Waals surface area contributed by atoms with Gasteiger partial charge in [0.05, 0.1) is 12.4 Å². The molecule has 0 aliphatic carbocycles. The van der Waals surface area contributed by atoms with Crippen molar-refractivity contribution in [3.8, 4) is 0 Å². The number of ether oxygens (including phenoxy) is 1. The van der Waals surface area contributed by atoms with Crippen LogP contribution in [0.25, 0.3) is 0 Å². The zero-order chi connectivity index (χ0) is 13.8. The third kappa shape index (κ3) is 4.74. The maximum atomic E-state index is 11.9. The monoisotopic (exact) mass is 311 g/mol. The minimum Gasteiger partial charge on any atom is -0.383 e. The summed E-state index contributed by atoms with van der Waals surface area (Å²) in [7, 11) is -1.99. The third-order valence-electron chi connectivity index (χ3n) is 2.19. The van der Waals surface area contributed by atoms with Crippen molar-refractivity contribution in [2.24, 2.45) is 0 Å². The van der Waals surface area contributed by atoms with Crippen LogP contribution in [0.2, 0.25) is 10.0 Å². The van der Waals surface area contributed by atoms with Crippen molar-refractivity contribution in [3.63, 3.8) is 0 Å². The van der Waals surface area contributed by atoms with Gasteiger partial charge in [-0.15, -0.1) is 0 Å². The van der Waals surface area contributed by atoms with Crippen LogP contribution in [0.3, 0.4) is 0 Å². The lowest BCUT2D eigenvalue weighted by atomic mass is 10.2. The zero-order valence-corrected chi connectivity index (χ0v) is 12.4. The fraction of sp³-hybridized carbons (Fsp3) is 0.455. The van der Waals surface area contributed by atoms with Crippen molar-refractivity contribution in [1.82, 2.24) is 4.72 Å². The Morgan fingerprint density at radius 2 is 1.89 bits per heavy atom. The largest absolute Gasteiger partial charge is 0.383 e. The van der Waals surface area contributed by atoms with Crippen LogP contribution in [0.15, 0.2) is 18.2 Å². The zero-order valence-electron chi connectivity index (χ0n) is 10.1. The van der Waals surface area contributed by atoms with E-state index in [0.29, 0.717) is 22.2 Å². The SMILES string of the molecule is COC[C@@H](C)NS(=O)(=O)Cc1c(Cl)cccc1Cl. The maximum Gasteiger partial charge on any atom is 0.216 e. The normalized spacial score (nSPS) is 13.6. The van der Waals surface area contributed by atoms with Gasteiger partial charge in [0.1, 0.15) is 0 Å². The average molecular weight is 312 g/mol. The molecule has 4 nitrogen and oxygen atoms in total. The van der Waals surface area contributed by atoms with E-state index in [4.69, 9.17) is 27.9 Å². The Balaban J connectivity index is 2.83. The van der Waals surface area contributed by atoms with Crippen LogP contribution in [0, 0.1) is 0 Å². The molecule has 0 aromatic heterocycles. The Bertz CT molecular complexity index is 485. The fourth-order valence-electron chi connectivity index (χ4n) is 1.49. The Labute approximate surface area is 117 Å². The van der Waals surface area contributed by atoms with Crippen LogP contribution >= 0.6 is 23.2 Å². The second-order valence-electron chi connectivity index (χ2n) is 3.93. The molecule has 1 rings (SSSR count). The lowest BCUT2D eigenvalue weighted by Gasteiger charge is -2.14. The number of hydrogen-bond donors (Lipinski definition) is 1. The Morgan fingerprint density at radius 1 is 1.33 bits per heavy atom. The number of rotatable bonds is 6. The van der Waals surface area contributed by atoms with E-state index in [0.717, 1.165) is 0 Å². The van der Waals surface area contributed by atoms with Crippen LogP contribution in [0.1, 0.15) is 12.5 Å². The highest BCUT2D eigenvalue weighted by Gasteiger charge is 2.18. The van der Waals surface area contributed by atoms with Crippen molar-refractivity contribution < 1.29 is 13.2 Å². The van der Waals surface area contributed by atoms with Gasteiger partial charge in [-0.3, -0.25) is 0 Å². The van der Waals surface area contributed by atoms with E-state index in [1.807, 2.05) is 0 Å². The minimum absolute atomic E-state index is 0.250. The summed E-state index contributed by atoms with van der Waals surface area (Å²) in [5, 5.41) is 0.680. The summed E-state index contributed by atoms with van der Waals surface area (Å²) in [6.07, 6.45) is 0. The van der Waals surface area contributed by atoms with Gasteiger partial charge in [-0.25, -0.2) is 13.1 Å². The van der Waals surface area contributed by atoms with Crippen LogP contribution in [0.4, 0.5) is 0 Å². The molecular formula is C11H15Cl2NO3S. The van der Waals surface area contributed by atoms with Crippen molar-refractivity contribution in [2.45, 2.75) is 18.7 Å². The molecule has 0 aliphatic heterocycles. The first-order valence-electron chi connectivity index (χ1n) is 5.27. The molecular weight excluding hydrogens is 297 g/mol. The average Bonchev–Trinajstić information content (AvgIpc) is 2.23. The molecule has 0 radical (unpaired) electrons. The van der Waals surface area contributed by atoms with E-state index < -0.39 is 10.0 Å². The highest BCUT2D eigenvalue weighted by atomic mass is 35.5. The minimum atomic E-state index is -3.50. The lowest BCUT2D eigenvalue weighted by molar-refractivity contribution is 0.180. The second kappa shape index (κ2) is 6.73. The van der Waals surface area contributed by atoms with Gasteiger partial charge >= 0.3 is 0 Å². The van der Waals surface area contributed by atoms with Gasteiger partial charge in [-0.05, 0) is 19.1 Å². The number of nitrogens with one attached hydrogen (secondary N) is 1. The van der Waals surface area contributed by atoms with Crippen LogP contribution in [0.5, 0.6) is 0 Å². The van der Waals surface area contributed by atoms with Crippen molar-refractivity contribution in [3.05, 3.63) is 33.8 Å². The predicted molar refractivity (Wildman–Crippen MR) is 73.6 cm³/mol. The quantitative estimate of drug-likeness (QED) is 0.878. The number of hydrogen-bond acceptors (Lipinski definition) is 3. The van der Waals surface area contributed by atoms with Crippen molar-refractivity contribution in [1.29, 1.82) is 0 Å². The predicted octanol–water partition coefficient (Wildman–Crippen LogP) is 2.45. The van der Waals surface area contributed by atoms with E-state index in [-0.39, 0.29) is 11.8 Å². The van der Waals surface area contributed by atoms with Gasteiger partial charge < -0.3 is 4.74 Å². The maximum absolute atomic E-state index is 11.9. The number of methoxy groups -OCH3 is 1. The molecule has 0 amide bonds. The van der Waals surface area contributed by atoms with Gasteiger partial charge in [-0.1, -0.05) is 29.3 Å². The first kappa shape index (κ1) is 15.7. The van der Waals surface area contributed by atoms with E-state index in [9.17, 15) is 8.42 Å². The standard InChI is InChI=1S/C11H15Cl2NO3S/c1-8(6-17-2)14-18(15,16)7-9-10(12)4-3-5-11(9)13/h3-5,8,14H,6-7H2,1-2H3/t8-/m1/s1. The highest BCUT2D eigenvalue weighted by molar-refractivity contribution is 7.88. The molecule has 0 spiro atoms. The van der Waals surface area contributed by atoms with Crippen LogP contribution < -0.4 is 4.72 Å². The molecule has 1 atom stereocenters. The molecule has 0 bridgehead atoms. The molecule has 1 aromatic rings. The molecule has 0 saturated carbocycles. The number of sulfonamides is 1. The van der Waals surface area contributed by atoms with E-state index in [1.54, 1.807) is 25.1 Å². The first-order chi connectivity index (χ1) is 8.35. The van der Waals surface area contributed by atoms with Crippen molar-refractivity contribution >= 4 is 33.2 Å². The smallest absolute Gasteiger partial charge is 0.216 e. The molecule has 0 aliphatic rings. The molecule has 18 heavy (non-hydrogen) atoms. The molecule has 102 valence electrons. The number of halogens is 2. The summed E-state index contributed by atoms with van der Waals surface area (Å²) >= 11 is 11.9. The van der Waals surface area contributed by atoms with E-state index in [2.05, 4.69) is 4.72 Å². The summed E-state index contributed by atoms with van der Waals surface area (Å²) in [4.78, 5) is 0. The third-order valence-corrected chi connectivity index (χ3v) is 4.33. The number of benzene rings is 1. The van der Waals surface area contributed by atoms with E-state index >= 15 is 0 Å². The summed E-state index contributed by atoms with van der Waals surface area (Å²) in [6.45, 7) is 2.02. The van der Waals surface area contributed by atoms with Crippen molar-refractivity contribution in [2.75, 3.05) is 13.7 Å². The van der Waals surface area contributed by atoms with Gasteiger partial charge in [0.2, 0.25) is 10.0 Å². The Morgan fingerprint density at radius 3 is 2.39 bits per heavy atom. The topological polar surface area (TPSA) is 55.4 Å². The second-order valence-corrected chi connectivity index (χ2v) is 6.50. The summed E-state index contributed by atoms with van der Waals surface area (Å²) < 4.78 is 31.2. The molecule has 0 saturated heterocycles. The summed E-state index contributed by atoms with van der Waals surface area (Å²) in [6, 6.07) is 4.58. The van der Waals surface area contributed by atoms with Crippen LogP contribution in [-0.2, 0) is 20.5 Å². The van der Waals surface area contributed by atoms with Gasteiger partial charge in [0, 0.05) is 28.8 Å². The fourth-order valence-corrected chi connectivity index (χ4v) is 3.64. The van der Waals surface area contributed by atoms with Crippen LogP contribution in [-0.4, -0.2) is 28.2 Å². The first-order valence-corrected chi connectivity index (χ1v) is 7.68. The van der Waals surface area contributed by atoms with Gasteiger partial charge in [-0.2, -0.15) is 0 Å². The molecule has 0 fully saturated rings. The van der Waals surface area contributed by atoms with Gasteiger partial charge in [0.25, 0.3) is 0 Å². The van der Waals surface area contributed by atoms with Gasteiger partial charge in [0.15, 0.2) is 0 Å². The Kier molecular flexibility index (Phi) is 5.88. The summed E-state index contributed by atoms with van der Waals surface area (Å²) in [5.74, 6) is -0.250. The highest BCUT2D eigenvalue weighted by Crippen LogP contribution is 2.25.